The first-order valence-corrected chi connectivity index (χ1v) is 10.6. The highest BCUT2D eigenvalue weighted by atomic mass is 35.5. The summed E-state index contributed by atoms with van der Waals surface area (Å²) in [5.41, 5.74) is 6.00. The fourth-order valence-corrected chi connectivity index (χ4v) is 3.97. The summed E-state index contributed by atoms with van der Waals surface area (Å²) in [7, 11) is -3.97. The number of aromatic nitrogens is 2. The minimum atomic E-state index is -3.97. The predicted molar refractivity (Wildman–Crippen MR) is 114 cm³/mol. The Kier molecular flexibility index (Phi) is 6.01. The number of nitrogens with zero attached hydrogens (tertiary/aromatic N) is 1. The lowest BCUT2D eigenvalue weighted by atomic mass is 10.2. The van der Waals surface area contributed by atoms with Gasteiger partial charge in [-0.1, -0.05) is 29.3 Å². The molecule has 0 saturated heterocycles. The molecule has 30 heavy (non-hydrogen) atoms. The van der Waals surface area contributed by atoms with E-state index in [2.05, 4.69) is 20.2 Å². The zero-order valence-corrected chi connectivity index (χ0v) is 17.7. The van der Waals surface area contributed by atoms with Crippen molar-refractivity contribution >= 4 is 56.4 Å². The lowest BCUT2D eigenvalue weighted by Crippen LogP contribution is -2.18. The Labute approximate surface area is 181 Å². The zero-order valence-electron chi connectivity index (χ0n) is 15.4. The van der Waals surface area contributed by atoms with Gasteiger partial charge in [-0.15, -0.1) is 0 Å². The third kappa shape index (κ3) is 4.56. The maximum absolute atomic E-state index is 12.6. The van der Waals surface area contributed by atoms with Crippen LogP contribution in [0.1, 0.15) is 26.5 Å². The Bertz CT molecular complexity index is 1260. The van der Waals surface area contributed by atoms with Gasteiger partial charge < -0.3 is 11.1 Å². The summed E-state index contributed by atoms with van der Waals surface area (Å²) < 4.78 is 27.6. The fraction of sp³-hybridized carbons (Fsp3) is 0.0556. The topological polar surface area (TPSA) is 147 Å². The largest absolute Gasteiger partial charge is 0.364 e. The molecule has 0 saturated carbocycles. The number of hydrogen-bond donors (Lipinski definition) is 4. The summed E-state index contributed by atoms with van der Waals surface area (Å²) in [6, 6.07) is 9.68. The molecular weight excluding hydrogens is 453 g/mol. The van der Waals surface area contributed by atoms with Crippen LogP contribution >= 0.6 is 23.2 Å². The molecule has 2 aromatic carbocycles. The Morgan fingerprint density at radius 3 is 2.50 bits per heavy atom. The van der Waals surface area contributed by atoms with E-state index in [0.717, 1.165) is 0 Å². The SMILES string of the molecule is Cc1[nH]nc(C(N)=O)c1NC(=O)c1cccc(NS(=O)(=O)c2ccc(Cl)c(Cl)c2)c1. The molecule has 0 aliphatic carbocycles. The third-order valence-corrected chi connectivity index (χ3v) is 6.12. The molecule has 12 heteroatoms. The molecule has 1 heterocycles. The van der Waals surface area contributed by atoms with Gasteiger partial charge in [0.25, 0.3) is 21.8 Å². The number of amides is 2. The van der Waals surface area contributed by atoms with Crippen LogP contribution in [0.5, 0.6) is 0 Å². The van der Waals surface area contributed by atoms with Crippen LogP contribution in [0, 0.1) is 6.92 Å². The average Bonchev–Trinajstić information content (AvgIpc) is 3.04. The molecule has 2 amide bonds. The summed E-state index contributed by atoms with van der Waals surface area (Å²) in [4.78, 5) is 23.9. The molecule has 0 unspecified atom stereocenters. The number of primary amides is 1. The number of aryl methyl sites for hydroxylation is 1. The van der Waals surface area contributed by atoms with Crippen LogP contribution in [0.25, 0.3) is 0 Å². The number of nitrogens with two attached hydrogens (primary N) is 1. The minimum absolute atomic E-state index is 0.0909. The van der Waals surface area contributed by atoms with Crippen molar-refractivity contribution in [2.75, 3.05) is 10.0 Å². The van der Waals surface area contributed by atoms with E-state index in [1.54, 1.807) is 6.92 Å². The lowest BCUT2D eigenvalue weighted by Gasteiger charge is -2.11. The predicted octanol–water partition coefficient (Wildman–Crippen LogP) is 3.18. The van der Waals surface area contributed by atoms with E-state index in [0.29, 0.717) is 5.69 Å². The van der Waals surface area contributed by atoms with Crippen molar-refractivity contribution in [2.24, 2.45) is 5.73 Å². The van der Waals surface area contributed by atoms with Crippen molar-refractivity contribution in [1.29, 1.82) is 0 Å². The van der Waals surface area contributed by atoms with Crippen LogP contribution in [0.15, 0.2) is 47.4 Å². The number of H-pyrrole nitrogens is 1. The number of anilines is 2. The van der Waals surface area contributed by atoms with Crippen molar-refractivity contribution in [3.63, 3.8) is 0 Å². The van der Waals surface area contributed by atoms with E-state index >= 15 is 0 Å². The molecule has 0 aliphatic heterocycles. The van der Waals surface area contributed by atoms with Crippen molar-refractivity contribution in [1.82, 2.24) is 10.2 Å². The number of benzene rings is 2. The Hall–Kier alpha value is -3.08. The summed E-state index contributed by atoms with van der Waals surface area (Å²) >= 11 is 11.7. The van der Waals surface area contributed by atoms with E-state index in [1.165, 1.54) is 42.5 Å². The van der Waals surface area contributed by atoms with Gasteiger partial charge in [0.05, 0.1) is 26.3 Å². The minimum Gasteiger partial charge on any atom is -0.364 e. The Morgan fingerprint density at radius 2 is 1.83 bits per heavy atom. The standard InChI is InChI=1S/C18H15Cl2N5O4S/c1-9-15(16(17(21)26)24-23-9)22-18(27)10-3-2-4-11(7-10)25-30(28,29)12-5-6-13(19)14(20)8-12/h2-8,25H,1H3,(H2,21,26)(H,22,27)(H,23,24). The van der Waals surface area contributed by atoms with Gasteiger partial charge in [0, 0.05) is 11.3 Å². The van der Waals surface area contributed by atoms with E-state index in [1.807, 2.05) is 0 Å². The monoisotopic (exact) mass is 467 g/mol. The quantitative estimate of drug-likeness (QED) is 0.439. The van der Waals surface area contributed by atoms with Crippen LogP contribution in [-0.2, 0) is 10.0 Å². The average molecular weight is 468 g/mol. The molecule has 0 bridgehead atoms. The zero-order chi connectivity index (χ0) is 22.1. The number of hydrogen-bond acceptors (Lipinski definition) is 5. The van der Waals surface area contributed by atoms with Crippen molar-refractivity contribution in [3.8, 4) is 0 Å². The smallest absolute Gasteiger partial charge is 0.271 e. The van der Waals surface area contributed by atoms with Crippen LogP contribution in [-0.4, -0.2) is 30.4 Å². The second-order valence-electron chi connectivity index (χ2n) is 6.15. The lowest BCUT2D eigenvalue weighted by molar-refractivity contribution is 0.0996. The maximum Gasteiger partial charge on any atom is 0.271 e. The molecule has 0 atom stereocenters. The summed E-state index contributed by atoms with van der Waals surface area (Å²) in [5.74, 6) is -1.39. The van der Waals surface area contributed by atoms with E-state index < -0.39 is 21.8 Å². The molecule has 9 nitrogen and oxygen atoms in total. The van der Waals surface area contributed by atoms with Gasteiger partial charge in [-0.25, -0.2) is 8.42 Å². The first-order valence-electron chi connectivity index (χ1n) is 8.32. The van der Waals surface area contributed by atoms with E-state index in [-0.39, 0.29) is 37.6 Å². The van der Waals surface area contributed by atoms with Crippen LogP contribution in [0.2, 0.25) is 10.0 Å². The molecule has 0 radical (unpaired) electrons. The summed E-state index contributed by atoms with van der Waals surface area (Å²) in [5, 5.41) is 9.18. The van der Waals surface area contributed by atoms with Gasteiger partial charge in [-0.3, -0.25) is 19.4 Å². The number of nitrogens with one attached hydrogen (secondary N) is 3. The molecule has 156 valence electrons. The summed E-state index contributed by atoms with van der Waals surface area (Å²) in [6.45, 7) is 1.61. The third-order valence-electron chi connectivity index (χ3n) is 4.00. The Morgan fingerprint density at radius 1 is 1.10 bits per heavy atom. The second kappa shape index (κ2) is 8.34. The van der Waals surface area contributed by atoms with Crippen LogP contribution < -0.4 is 15.8 Å². The van der Waals surface area contributed by atoms with Crippen molar-refractivity contribution in [3.05, 3.63) is 69.5 Å². The number of carbonyl (C=O) groups excluding carboxylic acids is 2. The van der Waals surface area contributed by atoms with E-state index in [4.69, 9.17) is 28.9 Å². The van der Waals surface area contributed by atoms with Crippen molar-refractivity contribution < 1.29 is 18.0 Å². The Balaban J connectivity index is 1.84. The van der Waals surface area contributed by atoms with Gasteiger partial charge in [0.15, 0.2) is 5.69 Å². The highest BCUT2D eigenvalue weighted by molar-refractivity contribution is 7.92. The molecule has 3 rings (SSSR count). The van der Waals surface area contributed by atoms with Gasteiger partial charge in [0.2, 0.25) is 0 Å². The van der Waals surface area contributed by atoms with E-state index in [9.17, 15) is 18.0 Å². The number of rotatable bonds is 6. The highest BCUT2D eigenvalue weighted by Crippen LogP contribution is 2.26. The molecular formula is C18H15Cl2N5O4S. The second-order valence-corrected chi connectivity index (χ2v) is 8.65. The fourth-order valence-electron chi connectivity index (χ4n) is 2.53. The van der Waals surface area contributed by atoms with Gasteiger partial charge in [-0.2, -0.15) is 5.10 Å². The number of sulfonamides is 1. The molecule has 0 spiro atoms. The van der Waals surface area contributed by atoms with Gasteiger partial charge in [0.1, 0.15) is 0 Å². The summed E-state index contributed by atoms with van der Waals surface area (Å²) in [6.07, 6.45) is 0. The molecule has 5 N–H and O–H groups in total. The molecule has 0 aliphatic rings. The van der Waals surface area contributed by atoms with Crippen molar-refractivity contribution in [2.45, 2.75) is 11.8 Å². The first-order chi connectivity index (χ1) is 14.1. The molecule has 3 aromatic rings. The molecule has 1 aromatic heterocycles. The number of carbonyl (C=O) groups is 2. The number of halogens is 2. The van der Waals surface area contributed by atoms with Gasteiger partial charge >= 0.3 is 0 Å². The maximum atomic E-state index is 12.6. The highest BCUT2D eigenvalue weighted by Gasteiger charge is 2.19. The van der Waals surface area contributed by atoms with Crippen LogP contribution in [0.3, 0.4) is 0 Å². The van der Waals surface area contributed by atoms with Crippen LogP contribution in [0.4, 0.5) is 11.4 Å². The normalized spacial score (nSPS) is 11.2. The van der Waals surface area contributed by atoms with Gasteiger partial charge in [-0.05, 0) is 43.3 Å². The number of aromatic amines is 1. The molecule has 0 fully saturated rings. The first kappa shape index (κ1) is 21.6.